The predicted octanol–water partition coefficient (Wildman–Crippen LogP) is 3.58. The number of nitrogens with zero attached hydrogens (tertiary/aromatic N) is 4. The average molecular weight is 270 g/mol. The smallest absolute Gasteiger partial charge is 0.0995 e. The van der Waals surface area contributed by atoms with E-state index in [1.54, 1.807) is 0 Å². The highest BCUT2D eigenvalue weighted by Crippen LogP contribution is 2.30. The van der Waals surface area contributed by atoms with Crippen LogP contribution >= 0.6 is 0 Å². The second-order valence-electron chi connectivity index (χ2n) is 5.07. The molecule has 0 atom stereocenters. The van der Waals surface area contributed by atoms with Crippen LogP contribution < -0.4 is 0 Å². The van der Waals surface area contributed by atoms with E-state index in [2.05, 4.69) is 33.3 Å². The van der Waals surface area contributed by atoms with Crippen molar-refractivity contribution in [1.82, 2.24) is 19.6 Å². The topological polar surface area (TPSA) is 43.1 Å². The van der Waals surface area contributed by atoms with E-state index in [4.69, 9.17) is 0 Å². The third kappa shape index (κ3) is 1.31. The maximum atomic E-state index is 4.67. The number of rotatable bonds is 0. The molecular formula is C17H10N4. The third-order valence-electron chi connectivity index (χ3n) is 3.93. The fourth-order valence-corrected chi connectivity index (χ4v) is 3.02. The molecule has 5 aromatic rings. The molecule has 0 fully saturated rings. The van der Waals surface area contributed by atoms with Gasteiger partial charge in [0.2, 0.25) is 0 Å². The van der Waals surface area contributed by atoms with Crippen molar-refractivity contribution < 1.29 is 0 Å². The molecular weight excluding hydrogens is 260 g/mol. The minimum Gasteiger partial charge on any atom is -0.254 e. The van der Waals surface area contributed by atoms with Gasteiger partial charge in [-0.2, -0.15) is 5.10 Å². The molecule has 0 bridgehead atoms. The maximum Gasteiger partial charge on any atom is 0.0995 e. The Labute approximate surface area is 119 Å². The zero-order valence-corrected chi connectivity index (χ0v) is 11.1. The summed E-state index contributed by atoms with van der Waals surface area (Å²) in [6.07, 6.45) is 5.53. The van der Waals surface area contributed by atoms with Crippen molar-refractivity contribution in [3.8, 4) is 0 Å². The molecule has 0 aliphatic rings. The van der Waals surface area contributed by atoms with Gasteiger partial charge < -0.3 is 0 Å². The average Bonchev–Trinajstić information content (AvgIpc) is 3.04. The van der Waals surface area contributed by atoms with Gasteiger partial charge in [-0.1, -0.05) is 24.3 Å². The van der Waals surface area contributed by atoms with E-state index < -0.39 is 0 Å². The van der Waals surface area contributed by atoms with Gasteiger partial charge in [0.15, 0.2) is 0 Å². The minimum atomic E-state index is 0.935. The minimum absolute atomic E-state index is 0.935. The summed E-state index contributed by atoms with van der Waals surface area (Å²) in [7, 11) is 0. The summed E-state index contributed by atoms with van der Waals surface area (Å²) in [5.74, 6) is 0. The number of fused-ring (bicyclic) bond motifs is 8. The normalized spacial score (nSPS) is 11.8. The first-order valence-electron chi connectivity index (χ1n) is 6.81. The van der Waals surface area contributed by atoms with E-state index in [1.165, 1.54) is 0 Å². The molecule has 0 saturated carbocycles. The molecule has 4 heteroatoms. The summed E-state index contributed by atoms with van der Waals surface area (Å²) in [6, 6.07) is 14.3. The summed E-state index contributed by atoms with van der Waals surface area (Å²) in [5.41, 5.74) is 3.92. The highest BCUT2D eigenvalue weighted by Gasteiger charge is 2.13. The first-order chi connectivity index (χ1) is 10.4. The van der Waals surface area contributed by atoms with Crippen molar-refractivity contribution in [1.29, 1.82) is 0 Å². The van der Waals surface area contributed by atoms with Gasteiger partial charge in [0, 0.05) is 28.6 Å². The molecule has 4 aromatic heterocycles. The lowest BCUT2D eigenvalue weighted by atomic mass is 10.1. The highest BCUT2D eigenvalue weighted by molar-refractivity contribution is 6.16. The molecule has 0 amide bonds. The van der Waals surface area contributed by atoms with Crippen LogP contribution in [0.1, 0.15) is 0 Å². The Balaban J connectivity index is 2.24. The first-order valence-corrected chi connectivity index (χ1v) is 6.81. The van der Waals surface area contributed by atoms with Crippen molar-refractivity contribution in [2.45, 2.75) is 0 Å². The van der Waals surface area contributed by atoms with Crippen LogP contribution in [-0.2, 0) is 0 Å². The molecule has 0 spiro atoms. The Morgan fingerprint density at radius 3 is 2.67 bits per heavy atom. The molecule has 0 aliphatic heterocycles. The highest BCUT2D eigenvalue weighted by atomic mass is 15.2. The molecule has 0 unspecified atom stereocenters. The Morgan fingerprint density at radius 2 is 1.67 bits per heavy atom. The number of hydrogen-bond donors (Lipinski definition) is 0. The Bertz CT molecular complexity index is 1130. The van der Waals surface area contributed by atoms with E-state index in [9.17, 15) is 0 Å². The van der Waals surface area contributed by atoms with Crippen LogP contribution in [0, 0.1) is 0 Å². The van der Waals surface area contributed by atoms with Gasteiger partial charge in [-0.05, 0) is 18.2 Å². The molecule has 98 valence electrons. The van der Waals surface area contributed by atoms with Crippen molar-refractivity contribution in [2.24, 2.45) is 0 Å². The lowest BCUT2D eigenvalue weighted by Gasteiger charge is -2.09. The SMILES string of the molecule is c1ccc2c(c1)cnc1c3cccnc3c3ccnn3c21. The number of hydrogen-bond acceptors (Lipinski definition) is 3. The summed E-state index contributed by atoms with van der Waals surface area (Å²) in [4.78, 5) is 9.18. The Hall–Kier alpha value is -3.01. The fraction of sp³-hybridized carbons (Fsp3) is 0. The third-order valence-corrected chi connectivity index (χ3v) is 3.93. The van der Waals surface area contributed by atoms with E-state index >= 15 is 0 Å². The monoisotopic (exact) mass is 270 g/mol. The number of aromatic nitrogens is 4. The zero-order valence-electron chi connectivity index (χ0n) is 11.1. The Kier molecular flexibility index (Phi) is 1.92. The predicted molar refractivity (Wildman–Crippen MR) is 83.3 cm³/mol. The summed E-state index contributed by atoms with van der Waals surface area (Å²) >= 11 is 0. The van der Waals surface area contributed by atoms with Gasteiger partial charge in [-0.25, -0.2) is 4.52 Å². The molecule has 4 heterocycles. The molecule has 4 nitrogen and oxygen atoms in total. The molecule has 0 aliphatic carbocycles. The van der Waals surface area contributed by atoms with E-state index in [1.807, 2.05) is 47.4 Å². The maximum absolute atomic E-state index is 4.67. The van der Waals surface area contributed by atoms with E-state index in [-0.39, 0.29) is 0 Å². The summed E-state index contributed by atoms with van der Waals surface area (Å²) in [5, 5.41) is 7.82. The zero-order chi connectivity index (χ0) is 13.8. The van der Waals surface area contributed by atoms with Crippen molar-refractivity contribution in [3.63, 3.8) is 0 Å². The van der Waals surface area contributed by atoms with E-state index in [0.717, 1.165) is 38.2 Å². The van der Waals surface area contributed by atoms with Crippen LogP contribution in [0.2, 0.25) is 0 Å². The lowest BCUT2D eigenvalue weighted by Crippen LogP contribution is -1.96. The van der Waals surface area contributed by atoms with Crippen molar-refractivity contribution in [2.75, 3.05) is 0 Å². The van der Waals surface area contributed by atoms with E-state index in [0.29, 0.717) is 0 Å². The Morgan fingerprint density at radius 1 is 0.762 bits per heavy atom. The van der Waals surface area contributed by atoms with Crippen LogP contribution in [-0.4, -0.2) is 19.6 Å². The van der Waals surface area contributed by atoms with Crippen LogP contribution in [0.3, 0.4) is 0 Å². The molecule has 0 saturated heterocycles. The molecule has 0 N–H and O–H groups in total. The number of pyridine rings is 3. The van der Waals surface area contributed by atoms with Crippen LogP contribution in [0.15, 0.2) is 61.1 Å². The standard InChI is InChI=1S/C17H10N4/c1-2-5-12-11(4-1)10-19-16-13-6-3-8-18-15(13)14-7-9-20-21(14)17(12)16/h1-10H. The summed E-state index contributed by atoms with van der Waals surface area (Å²) < 4.78 is 1.94. The van der Waals surface area contributed by atoms with Crippen LogP contribution in [0.5, 0.6) is 0 Å². The quantitative estimate of drug-likeness (QED) is 0.404. The summed E-state index contributed by atoms with van der Waals surface area (Å²) in [6.45, 7) is 0. The first kappa shape index (κ1) is 10.7. The van der Waals surface area contributed by atoms with Gasteiger partial charge >= 0.3 is 0 Å². The molecule has 0 radical (unpaired) electrons. The molecule has 21 heavy (non-hydrogen) atoms. The lowest BCUT2D eigenvalue weighted by molar-refractivity contribution is 1.01. The van der Waals surface area contributed by atoms with Crippen LogP contribution in [0.25, 0.3) is 38.2 Å². The van der Waals surface area contributed by atoms with Crippen molar-refractivity contribution in [3.05, 3.63) is 61.1 Å². The van der Waals surface area contributed by atoms with Crippen LogP contribution in [0.4, 0.5) is 0 Å². The fourth-order valence-electron chi connectivity index (χ4n) is 3.02. The largest absolute Gasteiger partial charge is 0.254 e. The second kappa shape index (κ2) is 3.76. The van der Waals surface area contributed by atoms with Gasteiger partial charge in [-0.15, -0.1) is 0 Å². The van der Waals surface area contributed by atoms with Gasteiger partial charge in [0.05, 0.1) is 28.3 Å². The molecule has 1 aromatic carbocycles. The van der Waals surface area contributed by atoms with Crippen molar-refractivity contribution >= 4 is 38.2 Å². The van der Waals surface area contributed by atoms with Gasteiger partial charge in [0.1, 0.15) is 0 Å². The molecule has 5 rings (SSSR count). The number of benzene rings is 1. The van der Waals surface area contributed by atoms with Gasteiger partial charge in [0.25, 0.3) is 0 Å². The van der Waals surface area contributed by atoms with Gasteiger partial charge in [-0.3, -0.25) is 9.97 Å². The second-order valence-corrected chi connectivity index (χ2v) is 5.07.